The quantitative estimate of drug-likeness (QED) is 0.767. The molecule has 0 unspecified atom stereocenters. The lowest BCUT2D eigenvalue weighted by Crippen LogP contribution is -2.07. The molecule has 0 bridgehead atoms. The molecule has 0 spiro atoms. The Morgan fingerprint density at radius 1 is 0.957 bits per heavy atom. The van der Waals surface area contributed by atoms with E-state index in [1.165, 1.54) is 41.8 Å². The highest BCUT2D eigenvalue weighted by Gasteiger charge is 2.15. The Labute approximate surface area is 139 Å². The van der Waals surface area contributed by atoms with Crippen molar-refractivity contribution in [2.24, 2.45) is 0 Å². The van der Waals surface area contributed by atoms with Crippen molar-refractivity contribution in [1.82, 2.24) is 15.0 Å². The van der Waals surface area contributed by atoms with Crippen molar-refractivity contribution >= 4 is 22.8 Å². The van der Waals surface area contributed by atoms with E-state index < -0.39 is 0 Å². The molecular weight excluding hydrogens is 306 g/mol. The first-order chi connectivity index (χ1) is 11.3. The molecule has 0 radical (unpaired) electrons. The summed E-state index contributed by atoms with van der Waals surface area (Å²) in [5, 5.41) is 19.7. The van der Waals surface area contributed by atoms with Crippen LogP contribution in [0.4, 0.5) is 0 Å². The van der Waals surface area contributed by atoms with Crippen molar-refractivity contribution in [2.45, 2.75) is 42.2 Å². The zero-order valence-corrected chi connectivity index (χ0v) is 13.7. The highest BCUT2D eigenvalue weighted by Crippen LogP contribution is 2.34. The van der Waals surface area contributed by atoms with E-state index in [0.717, 1.165) is 16.3 Å². The average molecular weight is 325 g/mol. The lowest BCUT2D eigenvalue weighted by atomic mass is 10.0. The minimum atomic E-state index is 0.185. The van der Waals surface area contributed by atoms with Gasteiger partial charge in [-0.05, 0) is 43.2 Å². The van der Waals surface area contributed by atoms with Gasteiger partial charge in [-0.25, -0.2) is 0 Å². The summed E-state index contributed by atoms with van der Waals surface area (Å²) >= 11 is 1.96. The molecule has 1 heterocycles. The standard InChI is InChI=1S/C18H19N3OS/c22-18-9-5-4-8-17(18)21-19-15-11-10-14(12-16(15)20-21)23-13-6-2-1-3-7-13/h4-5,8-13,22H,1-3,6-7H2. The Balaban J connectivity index is 1.63. The molecule has 4 nitrogen and oxygen atoms in total. The maximum absolute atomic E-state index is 9.96. The first kappa shape index (κ1) is 14.6. The summed E-state index contributed by atoms with van der Waals surface area (Å²) in [7, 11) is 0. The first-order valence-electron chi connectivity index (χ1n) is 8.12. The van der Waals surface area contributed by atoms with Crippen LogP contribution in [0.2, 0.25) is 0 Å². The van der Waals surface area contributed by atoms with Crippen molar-refractivity contribution < 1.29 is 5.11 Å². The molecule has 1 aromatic heterocycles. The highest BCUT2D eigenvalue weighted by molar-refractivity contribution is 8.00. The van der Waals surface area contributed by atoms with Crippen molar-refractivity contribution in [3.05, 3.63) is 42.5 Å². The zero-order valence-electron chi connectivity index (χ0n) is 12.9. The Morgan fingerprint density at radius 3 is 2.57 bits per heavy atom. The number of nitrogens with zero attached hydrogens (tertiary/aromatic N) is 3. The number of benzene rings is 2. The lowest BCUT2D eigenvalue weighted by molar-refractivity contribution is 0.468. The molecule has 2 aromatic carbocycles. The third kappa shape index (κ3) is 3.06. The molecule has 4 rings (SSSR count). The summed E-state index contributed by atoms with van der Waals surface area (Å²) in [6, 6.07) is 13.4. The zero-order chi connectivity index (χ0) is 15.6. The molecule has 118 valence electrons. The number of aromatic hydroxyl groups is 1. The van der Waals surface area contributed by atoms with Crippen LogP contribution >= 0.6 is 11.8 Å². The summed E-state index contributed by atoms with van der Waals surface area (Å²) in [5.74, 6) is 0.185. The fourth-order valence-electron chi connectivity index (χ4n) is 3.08. The summed E-state index contributed by atoms with van der Waals surface area (Å²) < 4.78 is 0. The van der Waals surface area contributed by atoms with Gasteiger partial charge in [-0.3, -0.25) is 0 Å². The normalized spacial score (nSPS) is 16.0. The van der Waals surface area contributed by atoms with Gasteiger partial charge in [0, 0.05) is 10.1 Å². The molecule has 1 saturated carbocycles. The minimum absolute atomic E-state index is 0.185. The highest BCUT2D eigenvalue weighted by atomic mass is 32.2. The molecule has 0 saturated heterocycles. The van der Waals surface area contributed by atoms with Crippen LogP contribution in [0.3, 0.4) is 0 Å². The fraction of sp³-hybridized carbons (Fsp3) is 0.333. The van der Waals surface area contributed by atoms with E-state index in [1.54, 1.807) is 12.1 Å². The first-order valence-corrected chi connectivity index (χ1v) is 9.00. The van der Waals surface area contributed by atoms with Gasteiger partial charge in [-0.15, -0.1) is 26.8 Å². The number of rotatable bonds is 3. The van der Waals surface area contributed by atoms with Gasteiger partial charge in [0.1, 0.15) is 22.5 Å². The number of phenolic OH excluding ortho intramolecular Hbond substituents is 1. The Kier molecular flexibility index (Phi) is 3.95. The second-order valence-electron chi connectivity index (χ2n) is 6.01. The van der Waals surface area contributed by atoms with E-state index in [-0.39, 0.29) is 5.75 Å². The lowest BCUT2D eigenvalue weighted by Gasteiger charge is -2.20. The third-order valence-electron chi connectivity index (χ3n) is 4.30. The van der Waals surface area contributed by atoms with Crippen LogP contribution in [-0.2, 0) is 0 Å². The van der Waals surface area contributed by atoms with Crippen LogP contribution in [-0.4, -0.2) is 25.4 Å². The Morgan fingerprint density at radius 2 is 1.74 bits per heavy atom. The van der Waals surface area contributed by atoms with E-state index in [9.17, 15) is 5.11 Å². The monoisotopic (exact) mass is 325 g/mol. The third-order valence-corrected chi connectivity index (χ3v) is 5.63. The summed E-state index contributed by atoms with van der Waals surface area (Å²) in [6.07, 6.45) is 6.71. The molecule has 0 atom stereocenters. The summed E-state index contributed by atoms with van der Waals surface area (Å²) in [4.78, 5) is 2.77. The van der Waals surface area contributed by atoms with Crippen molar-refractivity contribution in [3.63, 3.8) is 0 Å². The SMILES string of the molecule is Oc1ccccc1-n1nc2ccc(SC3CCCCC3)cc2n1. The molecular formula is C18H19N3OS. The van der Waals surface area contributed by atoms with E-state index in [1.807, 2.05) is 30.0 Å². The fourth-order valence-corrected chi connectivity index (χ4v) is 4.36. The largest absolute Gasteiger partial charge is 0.506 e. The number of para-hydroxylation sites is 2. The molecule has 23 heavy (non-hydrogen) atoms. The van der Waals surface area contributed by atoms with Crippen LogP contribution in [0.1, 0.15) is 32.1 Å². The molecule has 5 heteroatoms. The molecule has 1 N–H and O–H groups in total. The second kappa shape index (κ2) is 6.24. The predicted octanol–water partition coefficient (Wildman–Crippen LogP) is 4.55. The van der Waals surface area contributed by atoms with E-state index in [0.29, 0.717) is 5.69 Å². The van der Waals surface area contributed by atoms with E-state index in [2.05, 4.69) is 22.3 Å². The molecule has 0 amide bonds. The van der Waals surface area contributed by atoms with E-state index in [4.69, 9.17) is 0 Å². The van der Waals surface area contributed by atoms with Gasteiger partial charge in [0.15, 0.2) is 0 Å². The number of hydrogen-bond donors (Lipinski definition) is 1. The van der Waals surface area contributed by atoms with Crippen molar-refractivity contribution in [2.75, 3.05) is 0 Å². The van der Waals surface area contributed by atoms with Crippen LogP contribution in [0.5, 0.6) is 5.75 Å². The Bertz CT molecular complexity index is 824. The summed E-state index contributed by atoms with van der Waals surface area (Å²) in [6.45, 7) is 0. The van der Waals surface area contributed by atoms with Crippen LogP contribution in [0, 0.1) is 0 Å². The second-order valence-corrected chi connectivity index (χ2v) is 7.38. The molecule has 1 fully saturated rings. The maximum atomic E-state index is 9.96. The smallest absolute Gasteiger partial charge is 0.143 e. The maximum Gasteiger partial charge on any atom is 0.143 e. The molecule has 1 aliphatic carbocycles. The van der Waals surface area contributed by atoms with Gasteiger partial charge in [-0.2, -0.15) is 0 Å². The summed E-state index contributed by atoms with van der Waals surface area (Å²) in [5.41, 5.74) is 2.32. The Hall–Kier alpha value is -2.01. The van der Waals surface area contributed by atoms with Crippen molar-refractivity contribution in [3.8, 4) is 11.4 Å². The molecule has 0 aliphatic heterocycles. The predicted molar refractivity (Wildman–Crippen MR) is 93.3 cm³/mol. The number of hydrogen-bond acceptors (Lipinski definition) is 4. The van der Waals surface area contributed by atoms with Crippen molar-refractivity contribution in [1.29, 1.82) is 0 Å². The van der Waals surface area contributed by atoms with Crippen LogP contribution < -0.4 is 0 Å². The number of thioether (sulfide) groups is 1. The topological polar surface area (TPSA) is 50.9 Å². The van der Waals surface area contributed by atoms with Gasteiger partial charge in [0.25, 0.3) is 0 Å². The van der Waals surface area contributed by atoms with Crippen LogP contribution in [0.15, 0.2) is 47.4 Å². The van der Waals surface area contributed by atoms with Gasteiger partial charge >= 0.3 is 0 Å². The number of fused-ring (bicyclic) bond motifs is 1. The van der Waals surface area contributed by atoms with E-state index >= 15 is 0 Å². The van der Waals surface area contributed by atoms with Gasteiger partial charge in [0.2, 0.25) is 0 Å². The molecule has 3 aromatic rings. The van der Waals surface area contributed by atoms with Gasteiger partial charge < -0.3 is 5.11 Å². The molecule has 1 aliphatic rings. The number of phenols is 1. The van der Waals surface area contributed by atoms with Gasteiger partial charge in [0.05, 0.1) is 0 Å². The van der Waals surface area contributed by atoms with Crippen LogP contribution in [0.25, 0.3) is 16.7 Å². The van der Waals surface area contributed by atoms with Gasteiger partial charge in [-0.1, -0.05) is 31.4 Å². The number of aromatic nitrogens is 3. The average Bonchev–Trinajstić information content (AvgIpc) is 2.99. The minimum Gasteiger partial charge on any atom is -0.506 e.